The Morgan fingerprint density at radius 2 is 0.745 bits per heavy atom. The Bertz CT molecular complexity index is 801. The summed E-state index contributed by atoms with van der Waals surface area (Å²) in [6.45, 7) is 16.7. The Morgan fingerprint density at radius 3 is 1.02 bits per heavy atom. The zero-order valence-corrected chi connectivity index (χ0v) is 28.8. The van der Waals surface area contributed by atoms with E-state index in [1.165, 1.54) is 6.92 Å². The zero-order chi connectivity index (χ0) is 33.9. The van der Waals surface area contributed by atoms with Gasteiger partial charge in [-0.25, -0.2) is 0 Å². The minimum Gasteiger partial charge on any atom is -0.491 e. The van der Waals surface area contributed by atoms with Crippen molar-refractivity contribution in [2.24, 2.45) is 0 Å². The number of anilines is 1. The highest BCUT2D eigenvalue weighted by atomic mass is 16.6. The predicted octanol–water partition coefficient (Wildman–Crippen LogP) is 2.61. The summed E-state index contributed by atoms with van der Waals surface area (Å²) in [5, 5.41) is 2.71. The molecule has 0 spiro atoms. The van der Waals surface area contributed by atoms with Gasteiger partial charge in [0.15, 0.2) is 0 Å². The number of carbonyl (C=O) groups excluding carboxylic acids is 1. The van der Waals surface area contributed by atoms with Gasteiger partial charge in [-0.05, 0) is 38.1 Å². The molecule has 1 aromatic carbocycles. The van der Waals surface area contributed by atoms with Crippen LogP contribution in [-0.2, 0) is 56.9 Å². The molecule has 1 aromatic rings. The van der Waals surface area contributed by atoms with Crippen LogP contribution in [0.4, 0.5) is 5.69 Å². The molecule has 0 radical (unpaired) electrons. The SMILES string of the molecule is CC(=O)Nc1ccc(OCCOCCOCCOCCOCCOCCOCCOCCOCCOCCOCCOC(C)C)cc1. The van der Waals surface area contributed by atoms with Crippen LogP contribution in [0, 0.1) is 0 Å². The summed E-state index contributed by atoms with van der Waals surface area (Å²) >= 11 is 0. The van der Waals surface area contributed by atoms with Gasteiger partial charge in [-0.3, -0.25) is 4.79 Å². The van der Waals surface area contributed by atoms with E-state index in [-0.39, 0.29) is 12.0 Å². The molecule has 0 bridgehead atoms. The maximum atomic E-state index is 11.0. The lowest BCUT2D eigenvalue weighted by atomic mass is 10.3. The van der Waals surface area contributed by atoms with Gasteiger partial charge in [-0.15, -0.1) is 0 Å². The average Bonchev–Trinajstić information content (AvgIpc) is 3.05. The molecular weight excluding hydrogens is 618 g/mol. The van der Waals surface area contributed by atoms with Crippen LogP contribution in [0.15, 0.2) is 24.3 Å². The van der Waals surface area contributed by atoms with E-state index in [1.807, 2.05) is 13.8 Å². The van der Waals surface area contributed by atoms with Gasteiger partial charge in [0.05, 0.1) is 145 Å². The van der Waals surface area contributed by atoms with Crippen molar-refractivity contribution >= 4 is 11.6 Å². The van der Waals surface area contributed by atoms with Crippen LogP contribution in [0.1, 0.15) is 20.8 Å². The second-order valence-corrected chi connectivity index (χ2v) is 10.1. The lowest BCUT2D eigenvalue weighted by molar-refractivity contribution is -0.114. The van der Waals surface area contributed by atoms with Crippen molar-refractivity contribution in [3.8, 4) is 5.75 Å². The predicted molar refractivity (Wildman–Crippen MR) is 176 cm³/mol. The molecule has 1 amide bonds. The lowest BCUT2D eigenvalue weighted by Gasteiger charge is -2.09. The second-order valence-electron chi connectivity index (χ2n) is 10.1. The second kappa shape index (κ2) is 33.9. The molecule has 0 atom stereocenters. The highest BCUT2D eigenvalue weighted by Gasteiger charge is 1.99. The molecule has 0 aliphatic carbocycles. The first-order valence-electron chi connectivity index (χ1n) is 16.5. The van der Waals surface area contributed by atoms with E-state index in [2.05, 4.69) is 5.32 Å². The summed E-state index contributed by atoms with van der Waals surface area (Å²) < 4.78 is 65.7. The minimum atomic E-state index is -0.108. The van der Waals surface area contributed by atoms with Crippen molar-refractivity contribution in [2.45, 2.75) is 26.9 Å². The van der Waals surface area contributed by atoms with E-state index in [0.29, 0.717) is 151 Å². The number of benzene rings is 1. The molecule has 0 heterocycles. The van der Waals surface area contributed by atoms with Gasteiger partial charge in [-0.1, -0.05) is 0 Å². The van der Waals surface area contributed by atoms with Crippen molar-refractivity contribution in [3.63, 3.8) is 0 Å². The van der Waals surface area contributed by atoms with Crippen molar-refractivity contribution in [2.75, 3.05) is 151 Å². The Labute approximate surface area is 280 Å². The third-order valence-corrected chi connectivity index (χ3v) is 5.70. The molecule has 47 heavy (non-hydrogen) atoms. The van der Waals surface area contributed by atoms with Gasteiger partial charge in [0, 0.05) is 12.6 Å². The van der Waals surface area contributed by atoms with Crippen molar-refractivity contribution in [3.05, 3.63) is 24.3 Å². The molecule has 14 heteroatoms. The summed E-state index contributed by atoms with van der Waals surface area (Å²) in [5.74, 6) is 0.609. The fourth-order valence-electron chi connectivity index (χ4n) is 3.48. The van der Waals surface area contributed by atoms with Crippen LogP contribution in [0.25, 0.3) is 0 Å². The normalized spacial score (nSPS) is 11.4. The van der Waals surface area contributed by atoms with Crippen molar-refractivity contribution in [1.82, 2.24) is 0 Å². The molecule has 0 aromatic heterocycles. The average molecular weight is 678 g/mol. The fourth-order valence-corrected chi connectivity index (χ4v) is 3.48. The standard InChI is InChI=1S/C33H59NO13/c1-30(2)46-28-26-44-24-22-42-20-18-40-16-14-38-12-10-36-8-9-37-11-13-39-15-17-41-19-21-43-23-25-45-27-29-47-33-6-4-32(5-7-33)34-31(3)35/h4-7,30H,8-29H2,1-3H3,(H,34,35). The number of nitrogens with one attached hydrogen (secondary N) is 1. The third-order valence-electron chi connectivity index (χ3n) is 5.70. The van der Waals surface area contributed by atoms with Gasteiger partial charge in [0.25, 0.3) is 0 Å². The summed E-state index contributed by atoms with van der Waals surface area (Å²) in [6, 6.07) is 7.18. The van der Waals surface area contributed by atoms with Crippen molar-refractivity contribution in [1.29, 1.82) is 0 Å². The lowest BCUT2D eigenvalue weighted by Crippen LogP contribution is -2.15. The Balaban J connectivity index is 1.66. The number of carbonyl (C=O) groups is 1. The maximum Gasteiger partial charge on any atom is 0.221 e. The van der Waals surface area contributed by atoms with Crippen LogP contribution >= 0.6 is 0 Å². The Morgan fingerprint density at radius 1 is 0.468 bits per heavy atom. The summed E-state index contributed by atoms with van der Waals surface area (Å²) in [5.41, 5.74) is 0.732. The molecule has 0 saturated heterocycles. The molecular formula is C33H59NO13. The van der Waals surface area contributed by atoms with Gasteiger partial charge in [0.2, 0.25) is 5.91 Å². The summed E-state index contributed by atoms with van der Waals surface area (Å²) in [6.07, 6.45) is 0.228. The summed E-state index contributed by atoms with van der Waals surface area (Å²) in [7, 11) is 0. The number of amides is 1. The van der Waals surface area contributed by atoms with E-state index in [0.717, 1.165) is 5.69 Å². The van der Waals surface area contributed by atoms with E-state index in [9.17, 15) is 4.79 Å². The molecule has 0 unspecified atom stereocenters. The van der Waals surface area contributed by atoms with Crippen LogP contribution in [0.5, 0.6) is 5.75 Å². The van der Waals surface area contributed by atoms with Gasteiger partial charge in [0.1, 0.15) is 12.4 Å². The van der Waals surface area contributed by atoms with Crippen LogP contribution < -0.4 is 10.1 Å². The molecule has 1 rings (SSSR count). The minimum absolute atomic E-state index is 0.108. The smallest absolute Gasteiger partial charge is 0.221 e. The number of hydrogen-bond donors (Lipinski definition) is 1. The fraction of sp³-hybridized carbons (Fsp3) is 0.788. The highest BCUT2D eigenvalue weighted by molar-refractivity contribution is 5.88. The van der Waals surface area contributed by atoms with Gasteiger partial charge < -0.3 is 62.2 Å². The first-order valence-corrected chi connectivity index (χ1v) is 16.5. The monoisotopic (exact) mass is 677 g/mol. The van der Waals surface area contributed by atoms with Crippen LogP contribution in [0.2, 0.25) is 0 Å². The van der Waals surface area contributed by atoms with E-state index < -0.39 is 0 Å². The Kier molecular flexibility index (Phi) is 31.1. The topological polar surface area (TPSA) is 140 Å². The third kappa shape index (κ3) is 32.4. The van der Waals surface area contributed by atoms with Gasteiger partial charge in [-0.2, -0.15) is 0 Å². The number of ether oxygens (including phenoxy) is 12. The maximum absolute atomic E-state index is 11.0. The van der Waals surface area contributed by atoms with Crippen LogP contribution in [-0.4, -0.2) is 157 Å². The largest absolute Gasteiger partial charge is 0.491 e. The number of rotatable bonds is 36. The zero-order valence-electron chi connectivity index (χ0n) is 28.8. The Hall–Kier alpha value is -1.95. The van der Waals surface area contributed by atoms with E-state index >= 15 is 0 Å². The molecule has 14 nitrogen and oxygen atoms in total. The van der Waals surface area contributed by atoms with E-state index in [1.54, 1.807) is 24.3 Å². The molecule has 274 valence electrons. The van der Waals surface area contributed by atoms with Gasteiger partial charge >= 0.3 is 0 Å². The first kappa shape index (κ1) is 43.1. The highest BCUT2D eigenvalue weighted by Crippen LogP contribution is 2.15. The first-order chi connectivity index (χ1) is 23.1. The summed E-state index contributed by atoms with van der Waals surface area (Å²) in [4.78, 5) is 11.0. The molecule has 0 aliphatic rings. The number of hydrogen-bond acceptors (Lipinski definition) is 13. The van der Waals surface area contributed by atoms with Crippen LogP contribution in [0.3, 0.4) is 0 Å². The molecule has 1 N–H and O–H groups in total. The van der Waals surface area contributed by atoms with Crippen molar-refractivity contribution < 1.29 is 61.6 Å². The van der Waals surface area contributed by atoms with E-state index in [4.69, 9.17) is 56.8 Å². The molecule has 0 aliphatic heterocycles. The quantitative estimate of drug-likeness (QED) is 0.104. The molecule has 0 saturated carbocycles. The molecule has 0 fully saturated rings.